The maximum Gasteiger partial charge on any atom is 0.139 e. The van der Waals surface area contributed by atoms with Crippen LogP contribution in [-0.4, -0.2) is 31.3 Å². The molecule has 1 N–H and O–H groups in total. The largest absolute Gasteiger partial charge is 0.506 e. The second-order valence-corrected chi connectivity index (χ2v) is 7.37. The third-order valence-electron chi connectivity index (χ3n) is 5.14. The highest BCUT2D eigenvalue weighted by Crippen LogP contribution is 2.37. The average Bonchev–Trinajstić information content (AvgIpc) is 2.49. The van der Waals surface area contributed by atoms with Crippen LogP contribution in [0.1, 0.15) is 46.0 Å². The Balaban J connectivity index is 1.78. The Kier molecular flexibility index (Phi) is 4.01. The van der Waals surface area contributed by atoms with Crippen LogP contribution >= 0.6 is 0 Å². The fourth-order valence-electron chi connectivity index (χ4n) is 3.47. The molecule has 0 amide bonds. The minimum Gasteiger partial charge on any atom is -0.506 e. The van der Waals surface area contributed by atoms with Crippen LogP contribution in [0.5, 0.6) is 5.75 Å². The monoisotopic (exact) mass is 288 g/mol. The number of hydrogen-bond donors (Lipinski definition) is 1. The zero-order valence-corrected chi connectivity index (χ0v) is 13.4. The molecule has 0 spiro atoms. The number of piperidine rings is 2. The number of phenols is 1. The molecule has 0 bridgehead atoms. The van der Waals surface area contributed by atoms with Crippen molar-refractivity contribution in [3.05, 3.63) is 18.2 Å². The lowest BCUT2D eigenvalue weighted by Gasteiger charge is -2.39. The Morgan fingerprint density at radius 3 is 2.24 bits per heavy atom. The summed E-state index contributed by atoms with van der Waals surface area (Å²) in [5.41, 5.74) is 2.73. The van der Waals surface area contributed by atoms with Gasteiger partial charge in [-0.2, -0.15) is 0 Å². The number of phenolic OH excluding ortho intramolecular Hbond substituents is 1. The van der Waals surface area contributed by atoms with Crippen LogP contribution in [-0.2, 0) is 0 Å². The van der Waals surface area contributed by atoms with Crippen LogP contribution in [0.25, 0.3) is 0 Å². The highest BCUT2D eigenvalue weighted by atomic mass is 16.3. The summed E-state index contributed by atoms with van der Waals surface area (Å²) in [7, 11) is 0. The molecule has 0 saturated carbocycles. The van der Waals surface area contributed by atoms with Crippen molar-refractivity contribution in [3.8, 4) is 5.75 Å². The van der Waals surface area contributed by atoms with Crippen molar-refractivity contribution in [2.75, 3.05) is 36.0 Å². The van der Waals surface area contributed by atoms with Crippen molar-refractivity contribution < 1.29 is 5.11 Å². The smallest absolute Gasteiger partial charge is 0.139 e. The number of hydrogen-bond acceptors (Lipinski definition) is 3. The molecule has 2 heterocycles. The molecular weight excluding hydrogens is 260 g/mol. The van der Waals surface area contributed by atoms with E-state index in [1.807, 2.05) is 6.07 Å². The van der Waals surface area contributed by atoms with Gasteiger partial charge in [-0.1, -0.05) is 13.8 Å². The van der Waals surface area contributed by atoms with E-state index in [2.05, 4.69) is 35.8 Å². The van der Waals surface area contributed by atoms with Gasteiger partial charge in [-0.3, -0.25) is 0 Å². The van der Waals surface area contributed by atoms with Gasteiger partial charge in [-0.25, -0.2) is 0 Å². The molecule has 2 aliphatic heterocycles. The lowest BCUT2D eigenvalue weighted by molar-refractivity contribution is 0.279. The van der Waals surface area contributed by atoms with Gasteiger partial charge >= 0.3 is 0 Å². The van der Waals surface area contributed by atoms with Crippen LogP contribution in [0.15, 0.2) is 18.2 Å². The Hall–Kier alpha value is -1.38. The minimum absolute atomic E-state index is 0.426. The van der Waals surface area contributed by atoms with Crippen LogP contribution in [0.4, 0.5) is 11.4 Å². The molecule has 0 radical (unpaired) electrons. The normalized spacial score (nSPS) is 22.4. The molecule has 1 aromatic rings. The van der Waals surface area contributed by atoms with Gasteiger partial charge in [0.1, 0.15) is 5.75 Å². The number of benzene rings is 1. The van der Waals surface area contributed by atoms with Crippen molar-refractivity contribution in [2.24, 2.45) is 5.41 Å². The van der Waals surface area contributed by atoms with E-state index >= 15 is 0 Å². The third kappa shape index (κ3) is 3.28. The summed E-state index contributed by atoms with van der Waals surface area (Å²) in [5.74, 6) is 0.426. The topological polar surface area (TPSA) is 26.7 Å². The number of anilines is 2. The molecule has 3 rings (SSSR count). The Morgan fingerprint density at radius 1 is 0.905 bits per heavy atom. The zero-order valence-electron chi connectivity index (χ0n) is 13.4. The maximum absolute atomic E-state index is 10.3. The first-order chi connectivity index (χ1) is 10.1. The van der Waals surface area contributed by atoms with E-state index in [0.717, 1.165) is 31.9 Å². The number of nitrogens with zero attached hydrogens (tertiary/aromatic N) is 2. The van der Waals surface area contributed by atoms with E-state index in [-0.39, 0.29) is 0 Å². The first kappa shape index (κ1) is 14.6. The Bertz CT molecular complexity index is 482. The lowest BCUT2D eigenvalue weighted by atomic mass is 9.82. The third-order valence-corrected chi connectivity index (χ3v) is 5.14. The van der Waals surface area contributed by atoms with Crippen molar-refractivity contribution in [1.82, 2.24) is 0 Å². The minimum atomic E-state index is 0.426. The number of aromatic hydroxyl groups is 1. The molecule has 3 nitrogen and oxygen atoms in total. The fourth-order valence-corrected chi connectivity index (χ4v) is 3.47. The van der Waals surface area contributed by atoms with E-state index in [1.165, 1.54) is 37.8 Å². The van der Waals surface area contributed by atoms with Crippen molar-refractivity contribution in [2.45, 2.75) is 46.0 Å². The van der Waals surface area contributed by atoms with E-state index in [4.69, 9.17) is 0 Å². The van der Waals surface area contributed by atoms with Crippen molar-refractivity contribution >= 4 is 11.4 Å². The van der Waals surface area contributed by atoms with E-state index < -0.39 is 0 Å². The molecule has 21 heavy (non-hydrogen) atoms. The molecule has 0 aliphatic carbocycles. The predicted octanol–water partition coefficient (Wildman–Crippen LogP) is 4.01. The molecule has 3 heteroatoms. The quantitative estimate of drug-likeness (QED) is 0.890. The highest BCUT2D eigenvalue weighted by Gasteiger charge is 2.27. The van der Waals surface area contributed by atoms with Gasteiger partial charge in [0.2, 0.25) is 0 Å². The van der Waals surface area contributed by atoms with Crippen LogP contribution in [0.2, 0.25) is 0 Å². The Labute approximate surface area is 128 Å². The summed E-state index contributed by atoms with van der Waals surface area (Å²) in [6, 6.07) is 6.13. The highest BCUT2D eigenvalue weighted by molar-refractivity contribution is 5.66. The zero-order chi connectivity index (χ0) is 14.9. The van der Waals surface area contributed by atoms with Gasteiger partial charge in [0.05, 0.1) is 5.69 Å². The summed E-state index contributed by atoms with van der Waals surface area (Å²) >= 11 is 0. The number of rotatable bonds is 2. The predicted molar refractivity (Wildman–Crippen MR) is 89.4 cm³/mol. The molecule has 116 valence electrons. The molecule has 0 atom stereocenters. The van der Waals surface area contributed by atoms with Gasteiger partial charge in [0, 0.05) is 31.9 Å². The summed E-state index contributed by atoms with van der Waals surface area (Å²) in [4.78, 5) is 4.81. The molecular formula is C18H28N2O. The molecule has 2 saturated heterocycles. The van der Waals surface area contributed by atoms with Gasteiger partial charge in [-0.05, 0) is 55.7 Å². The van der Waals surface area contributed by atoms with Crippen LogP contribution in [0, 0.1) is 5.41 Å². The van der Waals surface area contributed by atoms with Gasteiger partial charge < -0.3 is 14.9 Å². The van der Waals surface area contributed by atoms with Crippen LogP contribution in [0.3, 0.4) is 0 Å². The van der Waals surface area contributed by atoms with Gasteiger partial charge in [-0.15, -0.1) is 0 Å². The van der Waals surface area contributed by atoms with Crippen LogP contribution < -0.4 is 9.80 Å². The second-order valence-electron chi connectivity index (χ2n) is 7.37. The maximum atomic E-state index is 10.3. The van der Waals surface area contributed by atoms with Crippen molar-refractivity contribution in [3.63, 3.8) is 0 Å². The van der Waals surface area contributed by atoms with E-state index in [9.17, 15) is 5.11 Å². The molecule has 0 unspecified atom stereocenters. The summed E-state index contributed by atoms with van der Waals surface area (Å²) < 4.78 is 0. The van der Waals surface area contributed by atoms with E-state index in [1.54, 1.807) is 0 Å². The summed E-state index contributed by atoms with van der Waals surface area (Å²) in [6.45, 7) is 9.07. The Morgan fingerprint density at radius 2 is 1.57 bits per heavy atom. The average molecular weight is 288 g/mol. The van der Waals surface area contributed by atoms with Gasteiger partial charge in [0.15, 0.2) is 0 Å². The van der Waals surface area contributed by atoms with Gasteiger partial charge in [0.25, 0.3) is 0 Å². The van der Waals surface area contributed by atoms with Crippen molar-refractivity contribution in [1.29, 1.82) is 0 Å². The standard InChI is InChI=1S/C18H28N2O/c1-18(2)8-12-20(13-9-18)16-14-15(6-7-17(16)21)19-10-4-3-5-11-19/h6-7,14,21H,3-5,8-13H2,1-2H3. The molecule has 2 aliphatic rings. The molecule has 1 aromatic carbocycles. The first-order valence-electron chi connectivity index (χ1n) is 8.38. The lowest BCUT2D eigenvalue weighted by Crippen LogP contribution is -2.37. The molecule has 0 aromatic heterocycles. The summed E-state index contributed by atoms with van der Waals surface area (Å²) in [6.07, 6.45) is 6.31. The fraction of sp³-hybridized carbons (Fsp3) is 0.667. The molecule has 2 fully saturated rings. The van der Waals surface area contributed by atoms with E-state index in [0.29, 0.717) is 11.2 Å². The SMILES string of the molecule is CC1(C)CCN(c2cc(N3CCCCC3)ccc2O)CC1. The first-order valence-corrected chi connectivity index (χ1v) is 8.38. The summed E-state index contributed by atoms with van der Waals surface area (Å²) in [5, 5.41) is 10.3. The second kappa shape index (κ2) is 5.78.